The molecule has 0 aromatic rings. The number of aliphatic hydroxyl groups excluding tert-OH is 1. The van der Waals surface area contributed by atoms with Gasteiger partial charge in [-0.1, -0.05) is 20.8 Å². The molecule has 0 spiro atoms. The van der Waals surface area contributed by atoms with Gasteiger partial charge in [0.2, 0.25) is 5.91 Å². The molecule has 1 atom stereocenters. The summed E-state index contributed by atoms with van der Waals surface area (Å²) in [5, 5.41) is 9.32. The normalized spacial score (nSPS) is 18.8. The van der Waals surface area contributed by atoms with Crippen LogP contribution in [0.25, 0.3) is 0 Å². The molecular formula is C14H24N2O4. The third-order valence-corrected chi connectivity index (χ3v) is 3.75. The highest BCUT2D eigenvalue weighted by Crippen LogP contribution is 2.38. The lowest BCUT2D eigenvalue weighted by Crippen LogP contribution is -2.56. The van der Waals surface area contributed by atoms with Crippen LogP contribution in [0.3, 0.4) is 0 Å². The van der Waals surface area contributed by atoms with Crippen LogP contribution in [-0.4, -0.2) is 47.3 Å². The Hall–Kier alpha value is -1.56. The number of nitrogens with two attached hydrogens (primary N) is 1. The summed E-state index contributed by atoms with van der Waals surface area (Å²) in [7, 11) is 0. The van der Waals surface area contributed by atoms with E-state index in [9.17, 15) is 14.7 Å². The van der Waals surface area contributed by atoms with E-state index in [1.54, 1.807) is 11.0 Å². The van der Waals surface area contributed by atoms with E-state index in [1.165, 1.54) is 0 Å². The fraction of sp³-hybridized carbons (Fsp3) is 0.714. The molecule has 20 heavy (non-hydrogen) atoms. The van der Waals surface area contributed by atoms with E-state index in [0.717, 1.165) is 5.57 Å². The molecule has 0 aliphatic carbocycles. The van der Waals surface area contributed by atoms with Gasteiger partial charge < -0.3 is 20.5 Å². The molecule has 6 heteroatoms. The summed E-state index contributed by atoms with van der Waals surface area (Å²) in [6.45, 7) is 8.12. The number of rotatable bonds is 5. The van der Waals surface area contributed by atoms with Crippen molar-refractivity contribution in [1.82, 2.24) is 4.90 Å². The quantitative estimate of drug-likeness (QED) is 0.788. The van der Waals surface area contributed by atoms with Crippen molar-refractivity contribution in [2.75, 3.05) is 19.7 Å². The van der Waals surface area contributed by atoms with Crippen LogP contribution in [0.15, 0.2) is 11.6 Å². The Bertz CT molecular complexity index is 425. The van der Waals surface area contributed by atoms with Gasteiger partial charge in [-0.05, 0) is 12.5 Å². The smallest absolute Gasteiger partial charge is 0.405 e. The largest absolute Gasteiger partial charge is 0.441 e. The molecule has 0 aromatic carbocycles. The maximum absolute atomic E-state index is 11.9. The van der Waals surface area contributed by atoms with Crippen molar-refractivity contribution in [3.63, 3.8) is 0 Å². The summed E-state index contributed by atoms with van der Waals surface area (Å²) >= 11 is 0. The second-order valence-corrected chi connectivity index (χ2v) is 6.32. The van der Waals surface area contributed by atoms with Gasteiger partial charge in [-0.2, -0.15) is 0 Å². The molecule has 0 fully saturated rings. The fourth-order valence-electron chi connectivity index (χ4n) is 2.47. The first kappa shape index (κ1) is 16.5. The number of primary amides is 1. The van der Waals surface area contributed by atoms with Gasteiger partial charge in [0, 0.05) is 31.1 Å². The minimum absolute atomic E-state index is 0.109. The van der Waals surface area contributed by atoms with Gasteiger partial charge in [-0.25, -0.2) is 4.79 Å². The Morgan fingerprint density at radius 2 is 2.10 bits per heavy atom. The molecule has 0 saturated carbocycles. The molecule has 0 saturated heterocycles. The molecule has 2 amide bonds. The van der Waals surface area contributed by atoms with Crippen molar-refractivity contribution < 1.29 is 19.4 Å². The van der Waals surface area contributed by atoms with Crippen LogP contribution in [0, 0.1) is 5.41 Å². The molecular weight excluding hydrogens is 260 g/mol. The van der Waals surface area contributed by atoms with Gasteiger partial charge in [0.1, 0.15) is 5.60 Å². The van der Waals surface area contributed by atoms with Gasteiger partial charge >= 0.3 is 6.09 Å². The van der Waals surface area contributed by atoms with E-state index in [2.05, 4.69) is 0 Å². The number of hydrogen-bond acceptors (Lipinski definition) is 4. The Morgan fingerprint density at radius 1 is 1.50 bits per heavy atom. The fourth-order valence-corrected chi connectivity index (χ4v) is 2.47. The summed E-state index contributed by atoms with van der Waals surface area (Å²) in [6, 6.07) is 0. The lowest BCUT2D eigenvalue weighted by molar-refractivity contribution is -0.135. The molecule has 0 bridgehead atoms. The third-order valence-electron chi connectivity index (χ3n) is 3.75. The van der Waals surface area contributed by atoms with Gasteiger partial charge in [0.05, 0.1) is 6.54 Å². The van der Waals surface area contributed by atoms with Crippen LogP contribution < -0.4 is 5.73 Å². The Labute approximate surface area is 119 Å². The topological polar surface area (TPSA) is 92.9 Å². The summed E-state index contributed by atoms with van der Waals surface area (Å²) < 4.78 is 5.35. The van der Waals surface area contributed by atoms with E-state index in [4.69, 9.17) is 10.5 Å². The minimum atomic E-state index is -1.01. The van der Waals surface area contributed by atoms with Crippen LogP contribution in [0.5, 0.6) is 0 Å². The van der Waals surface area contributed by atoms with Crippen molar-refractivity contribution in [3.8, 4) is 0 Å². The molecule has 1 rings (SSSR count). The molecule has 114 valence electrons. The van der Waals surface area contributed by atoms with E-state index >= 15 is 0 Å². The summed E-state index contributed by atoms with van der Waals surface area (Å²) in [5.74, 6) is -0.109. The number of aliphatic hydroxyl groups is 1. The van der Waals surface area contributed by atoms with E-state index in [-0.39, 0.29) is 25.5 Å². The van der Waals surface area contributed by atoms with Gasteiger partial charge in [-0.3, -0.25) is 4.79 Å². The molecule has 0 unspecified atom stereocenters. The van der Waals surface area contributed by atoms with Crippen molar-refractivity contribution in [3.05, 3.63) is 11.6 Å². The Balaban J connectivity index is 3.03. The zero-order valence-electron chi connectivity index (χ0n) is 12.6. The van der Waals surface area contributed by atoms with E-state index in [1.807, 2.05) is 27.7 Å². The first-order chi connectivity index (χ1) is 9.11. The molecule has 3 N–H and O–H groups in total. The van der Waals surface area contributed by atoms with Crippen molar-refractivity contribution in [2.45, 2.75) is 39.7 Å². The lowest BCUT2D eigenvalue weighted by Gasteiger charge is -2.45. The first-order valence-electron chi connectivity index (χ1n) is 6.67. The average molecular weight is 284 g/mol. The predicted molar refractivity (Wildman–Crippen MR) is 74.9 cm³/mol. The van der Waals surface area contributed by atoms with Crippen LogP contribution >= 0.6 is 0 Å². The van der Waals surface area contributed by atoms with Gasteiger partial charge in [0.25, 0.3) is 0 Å². The molecule has 6 nitrogen and oxygen atoms in total. The SMILES string of the molecule is CC1=CC(=O)N(C[C@@](CCO)(OC(N)=O)C(C)(C)C)C1. The second kappa shape index (κ2) is 5.83. The summed E-state index contributed by atoms with van der Waals surface area (Å²) in [6.07, 6.45) is 0.892. The number of carbonyl (C=O) groups excluding carboxylic acids is 2. The monoisotopic (exact) mass is 284 g/mol. The zero-order chi connectivity index (χ0) is 15.6. The number of amides is 2. The van der Waals surface area contributed by atoms with E-state index < -0.39 is 17.1 Å². The van der Waals surface area contributed by atoms with Crippen molar-refractivity contribution >= 4 is 12.0 Å². The predicted octanol–water partition coefficient (Wildman–Crippen LogP) is 1.04. The van der Waals surface area contributed by atoms with Crippen LogP contribution in [0.1, 0.15) is 34.1 Å². The van der Waals surface area contributed by atoms with Crippen molar-refractivity contribution in [1.29, 1.82) is 0 Å². The van der Waals surface area contributed by atoms with Crippen LogP contribution in [0.2, 0.25) is 0 Å². The maximum atomic E-state index is 11.9. The lowest BCUT2D eigenvalue weighted by atomic mass is 9.73. The number of ether oxygens (including phenoxy) is 1. The number of nitrogens with zero attached hydrogens (tertiary/aromatic N) is 1. The maximum Gasteiger partial charge on any atom is 0.405 e. The highest BCUT2D eigenvalue weighted by Gasteiger charge is 2.47. The number of carbonyl (C=O) groups is 2. The second-order valence-electron chi connectivity index (χ2n) is 6.32. The van der Waals surface area contributed by atoms with E-state index in [0.29, 0.717) is 6.54 Å². The molecule has 1 heterocycles. The molecule has 1 aliphatic heterocycles. The summed E-state index contributed by atoms with van der Waals surface area (Å²) in [5.41, 5.74) is 4.66. The highest BCUT2D eigenvalue weighted by molar-refractivity contribution is 5.91. The average Bonchev–Trinajstić information content (AvgIpc) is 2.54. The molecule has 1 aliphatic rings. The van der Waals surface area contributed by atoms with Crippen LogP contribution in [-0.2, 0) is 9.53 Å². The third kappa shape index (κ3) is 3.50. The first-order valence-corrected chi connectivity index (χ1v) is 6.67. The standard InChI is InChI=1S/C14H24N2O4/c1-10-7-11(18)16(8-10)9-14(5-6-17,13(2,3)4)20-12(15)19/h7,17H,5-6,8-9H2,1-4H3,(H2,15,19)/t14-/m1/s1. The highest BCUT2D eigenvalue weighted by atomic mass is 16.6. The Morgan fingerprint density at radius 3 is 2.45 bits per heavy atom. The number of hydrogen-bond donors (Lipinski definition) is 2. The minimum Gasteiger partial charge on any atom is -0.441 e. The Kier molecular flexibility index (Phi) is 4.81. The van der Waals surface area contributed by atoms with Crippen LogP contribution in [0.4, 0.5) is 4.79 Å². The van der Waals surface area contributed by atoms with Gasteiger partial charge in [-0.15, -0.1) is 0 Å². The van der Waals surface area contributed by atoms with Gasteiger partial charge in [0.15, 0.2) is 0 Å². The zero-order valence-corrected chi connectivity index (χ0v) is 12.6. The van der Waals surface area contributed by atoms with Crippen molar-refractivity contribution in [2.24, 2.45) is 11.1 Å². The summed E-state index contributed by atoms with van der Waals surface area (Å²) in [4.78, 5) is 24.8. The molecule has 0 radical (unpaired) electrons. The molecule has 0 aromatic heterocycles.